The van der Waals surface area contributed by atoms with Gasteiger partial charge in [0.1, 0.15) is 0 Å². The highest BCUT2D eigenvalue weighted by molar-refractivity contribution is 6.74. The average Bonchev–Trinajstić information content (AvgIpc) is 3.13. The number of rotatable bonds is 7. The van der Waals surface area contributed by atoms with Crippen molar-refractivity contribution in [3.63, 3.8) is 0 Å². The van der Waals surface area contributed by atoms with Crippen LogP contribution < -0.4 is 0 Å². The van der Waals surface area contributed by atoms with E-state index in [9.17, 15) is 0 Å². The Labute approximate surface area is 176 Å². The zero-order chi connectivity index (χ0) is 21.1. The lowest BCUT2D eigenvalue weighted by Crippen LogP contribution is -2.46. The standard InChI is InChI=1S/C25H33NO2Si/c1-7-14-21(28-29(5,6)25(2,3)4)23-22(19-15-10-8-11-16-19)24(27-26-23)20-17-12-9-13-18-20/h7-13,15-18,21-22,24H,1,14H2,2-6H3/t21-,22-,24+/m0/s1. The van der Waals surface area contributed by atoms with E-state index in [4.69, 9.17) is 9.26 Å². The van der Waals surface area contributed by atoms with Crippen molar-refractivity contribution < 1.29 is 9.26 Å². The molecular formula is C25H33NO2Si. The third-order valence-electron chi connectivity index (χ3n) is 6.13. The van der Waals surface area contributed by atoms with E-state index in [-0.39, 0.29) is 23.2 Å². The van der Waals surface area contributed by atoms with Crippen LogP contribution in [0.2, 0.25) is 18.1 Å². The molecule has 1 aliphatic heterocycles. The maximum atomic E-state index is 6.82. The summed E-state index contributed by atoms with van der Waals surface area (Å²) in [6.07, 6.45) is 2.37. The van der Waals surface area contributed by atoms with Crippen LogP contribution in [0.1, 0.15) is 50.3 Å². The highest BCUT2D eigenvalue weighted by Gasteiger charge is 2.45. The van der Waals surface area contributed by atoms with Gasteiger partial charge in [-0.2, -0.15) is 0 Å². The third-order valence-corrected chi connectivity index (χ3v) is 10.6. The first-order valence-corrected chi connectivity index (χ1v) is 13.3. The van der Waals surface area contributed by atoms with Gasteiger partial charge in [0.15, 0.2) is 14.4 Å². The summed E-state index contributed by atoms with van der Waals surface area (Å²) in [7, 11) is -1.99. The van der Waals surface area contributed by atoms with Gasteiger partial charge in [-0.1, -0.05) is 92.7 Å². The summed E-state index contributed by atoms with van der Waals surface area (Å²) >= 11 is 0. The molecule has 0 bridgehead atoms. The van der Waals surface area contributed by atoms with Crippen LogP contribution in [0.5, 0.6) is 0 Å². The summed E-state index contributed by atoms with van der Waals surface area (Å²) in [5.41, 5.74) is 3.30. The number of hydrogen-bond donors (Lipinski definition) is 0. The molecule has 2 aromatic rings. The van der Waals surface area contributed by atoms with E-state index in [0.717, 1.165) is 17.7 Å². The molecule has 0 fully saturated rings. The molecule has 0 radical (unpaired) electrons. The summed E-state index contributed by atoms with van der Waals surface area (Å²) in [6, 6.07) is 20.8. The second kappa shape index (κ2) is 8.68. The van der Waals surface area contributed by atoms with Crippen LogP contribution in [0.4, 0.5) is 0 Å². The maximum absolute atomic E-state index is 6.82. The van der Waals surface area contributed by atoms with Gasteiger partial charge in [0.2, 0.25) is 0 Å². The van der Waals surface area contributed by atoms with E-state index < -0.39 is 8.32 Å². The summed E-state index contributed by atoms with van der Waals surface area (Å²) < 4.78 is 6.82. The molecule has 0 N–H and O–H groups in total. The third kappa shape index (κ3) is 4.70. The lowest BCUT2D eigenvalue weighted by molar-refractivity contribution is 0.0762. The van der Waals surface area contributed by atoms with Crippen LogP contribution in [-0.2, 0) is 9.26 Å². The first-order chi connectivity index (χ1) is 13.7. The van der Waals surface area contributed by atoms with Crippen molar-refractivity contribution in [1.29, 1.82) is 0 Å². The molecule has 4 heteroatoms. The Balaban J connectivity index is 1.99. The zero-order valence-electron chi connectivity index (χ0n) is 18.3. The van der Waals surface area contributed by atoms with Crippen LogP contribution in [0.3, 0.4) is 0 Å². The van der Waals surface area contributed by atoms with E-state index in [1.165, 1.54) is 5.56 Å². The lowest BCUT2D eigenvalue weighted by atomic mass is 9.83. The van der Waals surface area contributed by atoms with Gasteiger partial charge in [-0.3, -0.25) is 0 Å². The molecule has 0 saturated heterocycles. The van der Waals surface area contributed by atoms with Crippen LogP contribution in [0, 0.1) is 0 Å². The molecule has 3 atom stereocenters. The van der Waals surface area contributed by atoms with Gasteiger partial charge < -0.3 is 9.26 Å². The van der Waals surface area contributed by atoms with E-state index in [1.807, 2.05) is 30.3 Å². The predicted octanol–water partition coefficient (Wildman–Crippen LogP) is 6.86. The molecule has 29 heavy (non-hydrogen) atoms. The minimum atomic E-state index is -1.99. The van der Waals surface area contributed by atoms with Gasteiger partial charge in [-0.15, -0.1) is 6.58 Å². The van der Waals surface area contributed by atoms with Crippen molar-refractivity contribution in [2.45, 2.75) is 63.5 Å². The Morgan fingerprint density at radius 2 is 1.59 bits per heavy atom. The summed E-state index contributed by atoms with van der Waals surface area (Å²) in [5, 5.41) is 4.72. The van der Waals surface area contributed by atoms with E-state index in [2.05, 4.69) is 82.0 Å². The van der Waals surface area contributed by atoms with Crippen LogP contribution in [0.25, 0.3) is 0 Å². The Hall–Kier alpha value is -2.17. The van der Waals surface area contributed by atoms with E-state index >= 15 is 0 Å². The molecular weight excluding hydrogens is 374 g/mol. The fourth-order valence-corrected chi connectivity index (χ4v) is 4.75. The Morgan fingerprint density at radius 3 is 2.10 bits per heavy atom. The van der Waals surface area contributed by atoms with Crippen LogP contribution in [0.15, 0.2) is 78.5 Å². The van der Waals surface area contributed by atoms with E-state index in [1.54, 1.807) is 0 Å². The van der Waals surface area contributed by atoms with Crippen molar-refractivity contribution >= 4 is 14.0 Å². The molecule has 3 nitrogen and oxygen atoms in total. The van der Waals surface area contributed by atoms with E-state index in [0.29, 0.717) is 0 Å². The van der Waals surface area contributed by atoms with Gasteiger partial charge in [-0.25, -0.2) is 0 Å². The second-order valence-electron chi connectivity index (χ2n) is 9.23. The quantitative estimate of drug-likeness (QED) is 0.370. The summed E-state index contributed by atoms with van der Waals surface area (Å²) in [4.78, 5) is 6.04. The highest BCUT2D eigenvalue weighted by atomic mass is 28.4. The Bertz CT molecular complexity index is 840. The number of nitrogens with zero attached hydrogens (tertiary/aromatic N) is 1. The molecule has 0 aromatic heterocycles. The molecule has 1 heterocycles. The topological polar surface area (TPSA) is 30.8 Å². The van der Waals surface area contributed by atoms with Crippen LogP contribution >= 0.6 is 0 Å². The Kier molecular flexibility index (Phi) is 6.44. The molecule has 0 unspecified atom stereocenters. The predicted molar refractivity (Wildman–Crippen MR) is 124 cm³/mol. The first-order valence-electron chi connectivity index (χ1n) is 10.4. The van der Waals surface area contributed by atoms with Crippen molar-refractivity contribution in [3.8, 4) is 0 Å². The maximum Gasteiger partial charge on any atom is 0.192 e. The normalized spacial score (nSPS) is 20.7. The monoisotopic (exact) mass is 407 g/mol. The van der Waals surface area contributed by atoms with Gasteiger partial charge >= 0.3 is 0 Å². The van der Waals surface area contributed by atoms with Crippen molar-refractivity contribution in [1.82, 2.24) is 0 Å². The van der Waals surface area contributed by atoms with Gasteiger partial charge in [0.05, 0.1) is 17.7 Å². The fourth-order valence-electron chi connectivity index (χ4n) is 3.46. The molecule has 154 valence electrons. The number of hydrogen-bond acceptors (Lipinski definition) is 3. The second-order valence-corrected chi connectivity index (χ2v) is 14.0. The van der Waals surface area contributed by atoms with Gasteiger partial charge in [0.25, 0.3) is 0 Å². The van der Waals surface area contributed by atoms with Gasteiger partial charge in [0, 0.05) is 0 Å². The molecule has 2 aromatic carbocycles. The van der Waals surface area contributed by atoms with Gasteiger partial charge in [-0.05, 0) is 35.7 Å². The number of oxime groups is 1. The summed E-state index contributed by atoms with van der Waals surface area (Å²) in [5.74, 6) is 0.0216. The summed E-state index contributed by atoms with van der Waals surface area (Å²) in [6.45, 7) is 15.3. The average molecular weight is 408 g/mol. The molecule has 0 saturated carbocycles. The number of benzene rings is 2. The smallest absolute Gasteiger partial charge is 0.192 e. The van der Waals surface area contributed by atoms with Crippen molar-refractivity contribution in [2.75, 3.05) is 0 Å². The van der Waals surface area contributed by atoms with Crippen molar-refractivity contribution in [2.24, 2.45) is 5.16 Å². The molecule has 0 spiro atoms. The fraction of sp³-hybridized carbons (Fsp3) is 0.400. The minimum Gasteiger partial charge on any atom is -0.408 e. The molecule has 0 amide bonds. The first kappa shape index (κ1) is 21.5. The minimum absolute atomic E-state index is 0.0216. The lowest BCUT2D eigenvalue weighted by Gasteiger charge is -2.39. The SMILES string of the molecule is C=CC[C@H](O[Si](C)(C)C(C)(C)C)C1=NO[C@H](c2ccccc2)[C@H]1c1ccccc1. The van der Waals surface area contributed by atoms with Crippen molar-refractivity contribution in [3.05, 3.63) is 84.4 Å². The van der Waals surface area contributed by atoms with Crippen LogP contribution in [-0.4, -0.2) is 20.1 Å². The Morgan fingerprint density at radius 1 is 1.03 bits per heavy atom. The molecule has 3 rings (SSSR count). The zero-order valence-corrected chi connectivity index (χ0v) is 19.3. The highest BCUT2D eigenvalue weighted by Crippen LogP contribution is 2.44. The largest absolute Gasteiger partial charge is 0.408 e. The molecule has 0 aliphatic carbocycles. The molecule has 1 aliphatic rings.